The van der Waals surface area contributed by atoms with Crippen LogP contribution in [0, 0.1) is 0 Å². The van der Waals surface area contributed by atoms with Crippen LogP contribution in [-0.4, -0.2) is 42.3 Å². The third kappa shape index (κ3) is 4.09. The van der Waals surface area contributed by atoms with Gasteiger partial charge in [-0.05, 0) is 37.1 Å². The van der Waals surface area contributed by atoms with Crippen molar-refractivity contribution < 1.29 is 8.42 Å². The number of hydrogen-bond donors (Lipinski definition) is 1. The van der Waals surface area contributed by atoms with E-state index >= 15 is 0 Å². The summed E-state index contributed by atoms with van der Waals surface area (Å²) in [7, 11) is -3.09. The largest absolute Gasteiger partial charge is 0.281 e. The summed E-state index contributed by atoms with van der Waals surface area (Å²) >= 11 is 7.56. The fourth-order valence-corrected chi connectivity index (χ4v) is 4.72. The number of sulfonamides is 1. The lowest BCUT2D eigenvalue weighted by Gasteiger charge is -2.30. The number of rotatable bonds is 4. The van der Waals surface area contributed by atoms with Crippen molar-refractivity contribution in [3.63, 3.8) is 0 Å². The molecule has 0 aliphatic carbocycles. The Morgan fingerprint density at radius 3 is 2.52 bits per heavy atom. The van der Waals surface area contributed by atoms with E-state index in [2.05, 4.69) is 10.2 Å². The molecule has 1 aliphatic rings. The van der Waals surface area contributed by atoms with E-state index in [9.17, 15) is 8.42 Å². The Balaban J connectivity index is 1.71. The number of nitrogens with one attached hydrogen (secondary N) is 1. The molecular weight excluding hydrogens is 354 g/mol. The third-order valence-electron chi connectivity index (χ3n) is 4.00. The number of piperidine rings is 1. The van der Waals surface area contributed by atoms with Gasteiger partial charge in [0.25, 0.3) is 0 Å². The predicted octanol–water partition coefficient (Wildman–Crippen LogP) is 3.35. The molecule has 3 rings (SSSR count). The summed E-state index contributed by atoms with van der Waals surface area (Å²) in [6.07, 6.45) is 4.72. The van der Waals surface area contributed by atoms with E-state index in [0.29, 0.717) is 19.0 Å². The monoisotopic (exact) mass is 371 g/mol. The summed E-state index contributed by atoms with van der Waals surface area (Å²) in [6, 6.07) is 7.70. The van der Waals surface area contributed by atoms with Gasteiger partial charge >= 0.3 is 0 Å². The summed E-state index contributed by atoms with van der Waals surface area (Å²) in [5.74, 6) is 0.310. The Morgan fingerprint density at radius 1 is 1.26 bits per heavy atom. The van der Waals surface area contributed by atoms with E-state index in [1.807, 2.05) is 30.5 Å². The quantitative estimate of drug-likeness (QED) is 0.894. The third-order valence-corrected chi connectivity index (χ3v) is 6.61. The lowest BCUT2D eigenvalue weighted by Crippen LogP contribution is -2.37. The zero-order valence-corrected chi connectivity index (χ0v) is 15.1. The van der Waals surface area contributed by atoms with Crippen LogP contribution in [0.4, 0.5) is 0 Å². The average molecular weight is 372 g/mol. The van der Waals surface area contributed by atoms with Crippen molar-refractivity contribution in [2.75, 3.05) is 19.3 Å². The van der Waals surface area contributed by atoms with Gasteiger partial charge in [0.15, 0.2) is 0 Å². The SMILES string of the molecule is CS(=O)(=O)N1CCC(c2[nH]ncc2Sc2ccc(Cl)cc2)CC1. The van der Waals surface area contributed by atoms with Crippen LogP contribution in [0.1, 0.15) is 24.5 Å². The average Bonchev–Trinajstić information content (AvgIpc) is 2.97. The maximum absolute atomic E-state index is 11.6. The molecule has 8 heteroatoms. The molecule has 0 radical (unpaired) electrons. The molecule has 0 bridgehead atoms. The fraction of sp³-hybridized carbons (Fsp3) is 0.400. The lowest BCUT2D eigenvalue weighted by molar-refractivity contribution is 0.317. The van der Waals surface area contributed by atoms with Crippen LogP contribution in [0.3, 0.4) is 0 Å². The van der Waals surface area contributed by atoms with Gasteiger partial charge in [-0.1, -0.05) is 23.4 Å². The molecule has 1 aliphatic heterocycles. The lowest BCUT2D eigenvalue weighted by atomic mass is 9.95. The van der Waals surface area contributed by atoms with Gasteiger partial charge in [-0.15, -0.1) is 0 Å². The second kappa shape index (κ2) is 6.84. The van der Waals surface area contributed by atoms with Crippen molar-refractivity contribution in [1.82, 2.24) is 14.5 Å². The van der Waals surface area contributed by atoms with E-state index < -0.39 is 10.0 Å². The Hall–Kier alpha value is -1.02. The Kier molecular flexibility index (Phi) is 5.01. The summed E-state index contributed by atoms with van der Waals surface area (Å²) in [5, 5.41) is 7.99. The Morgan fingerprint density at radius 2 is 1.91 bits per heavy atom. The molecule has 1 aromatic heterocycles. The van der Waals surface area contributed by atoms with Crippen molar-refractivity contribution in [3.8, 4) is 0 Å². The number of H-pyrrole nitrogens is 1. The highest BCUT2D eigenvalue weighted by molar-refractivity contribution is 7.99. The van der Waals surface area contributed by atoms with Crippen LogP contribution in [0.15, 0.2) is 40.3 Å². The van der Waals surface area contributed by atoms with Crippen molar-refractivity contribution in [2.45, 2.75) is 28.6 Å². The van der Waals surface area contributed by atoms with Crippen molar-refractivity contribution in [3.05, 3.63) is 41.2 Å². The molecule has 23 heavy (non-hydrogen) atoms. The van der Waals surface area contributed by atoms with Crippen molar-refractivity contribution in [2.24, 2.45) is 0 Å². The zero-order chi connectivity index (χ0) is 16.4. The topological polar surface area (TPSA) is 66.1 Å². The van der Waals surface area contributed by atoms with Crippen LogP contribution in [0.2, 0.25) is 5.02 Å². The van der Waals surface area contributed by atoms with E-state index in [-0.39, 0.29) is 0 Å². The second-order valence-electron chi connectivity index (χ2n) is 5.64. The zero-order valence-electron chi connectivity index (χ0n) is 12.7. The molecule has 0 spiro atoms. The number of benzene rings is 1. The van der Waals surface area contributed by atoms with Crippen LogP contribution in [0.25, 0.3) is 0 Å². The first-order valence-corrected chi connectivity index (χ1v) is 10.4. The van der Waals surface area contributed by atoms with Crippen LogP contribution >= 0.6 is 23.4 Å². The normalized spacial score (nSPS) is 17.5. The number of aromatic nitrogens is 2. The van der Waals surface area contributed by atoms with Crippen molar-refractivity contribution in [1.29, 1.82) is 0 Å². The summed E-state index contributed by atoms with van der Waals surface area (Å²) < 4.78 is 24.8. The standard InChI is InChI=1S/C15H18ClN3O2S2/c1-23(20,21)19-8-6-11(7-9-19)15-14(10-17-18-15)22-13-4-2-12(16)3-5-13/h2-5,10-11H,6-9H2,1H3,(H,17,18). The highest BCUT2D eigenvalue weighted by atomic mass is 35.5. The first-order chi connectivity index (χ1) is 10.9. The number of nitrogens with zero attached hydrogens (tertiary/aromatic N) is 2. The van der Waals surface area contributed by atoms with Gasteiger partial charge < -0.3 is 0 Å². The minimum Gasteiger partial charge on any atom is -0.281 e. The number of hydrogen-bond acceptors (Lipinski definition) is 4. The van der Waals surface area contributed by atoms with Crippen LogP contribution < -0.4 is 0 Å². The summed E-state index contributed by atoms with van der Waals surface area (Å²) in [5.41, 5.74) is 1.10. The summed E-state index contributed by atoms with van der Waals surface area (Å²) in [4.78, 5) is 2.19. The predicted molar refractivity (Wildman–Crippen MR) is 92.6 cm³/mol. The number of aromatic amines is 1. The van der Waals surface area contributed by atoms with Crippen molar-refractivity contribution >= 4 is 33.4 Å². The first kappa shape index (κ1) is 16.8. The molecule has 0 unspecified atom stereocenters. The molecule has 0 saturated carbocycles. The minimum atomic E-state index is -3.09. The molecule has 2 aromatic rings. The summed E-state index contributed by atoms with van der Waals surface area (Å²) in [6.45, 7) is 1.13. The Bertz CT molecular complexity index is 766. The fourth-order valence-electron chi connectivity index (χ4n) is 2.76. The molecule has 1 fully saturated rings. The van der Waals surface area contributed by atoms with Gasteiger partial charge in [0.2, 0.25) is 10.0 Å². The van der Waals surface area contributed by atoms with Gasteiger partial charge in [-0.2, -0.15) is 5.10 Å². The van der Waals surface area contributed by atoms with Gasteiger partial charge in [-0.3, -0.25) is 5.10 Å². The van der Waals surface area contributed by atoms with E-state index in [0.717, 1.165) is 33.3 Å². The molecular formula is C15H18ClN3O2S2. The highest BCUT2D eigenvalue weighted by Crippen LogP contribution is 2.37. The molecule has 1 N–H and O–H groups in total. The Labute approximate surface area is 145 Å². The van der Waals surface area contributed by atoms with Crippen LogP contribution in [-0.2, 0) is 10.0 Å². The molecule has 0 amide bonds. The molecule has 5 nitrogen and oxygen atoms in total. The van der Waals surface area contributed by atoms with E-state index in [1.54, 1.807) is 16.1 Å². The molecule has 2 heterocycles. The maximum atomic E-state index is 11.6. The van der Waals surface area contributed by atoms with E-state index in [1.165, 1.54) is 6.26 Å². The molecule has 0 atom stereocenters. The van der Waals surface area contributed by atoms with Gasteiger partial charge in [0.1, 0.15) is 0 Å². The minimum absolute atomic E-state index is 0.310. The highest BCUT2D eigenvalue weighted by Gasteiger charge is 2.28. The van der Waals surface area contributed by atoms with Gasteiger partial charge in [-0.25, -0.2) is 12.7 Å². The molecule has 1 aromatic carbocycles. The smallest absolute Gasteiger partial charge is 0.211 e. The molecule has 1 saturated heterocycles. The number of halogens is 1. The van der Waals surface area contributed by atoms with Gasteiger partial charge in [0.05, 0.1) is 23.0 Å². The van der Waals surface area contributed by atoms with E-state index in [4.69, 9.17) is 11.6 Å². The second-order valence-corrected chi connectivity index (χ2v) is 9.17. The van der Waals surface area contributed by atoms with Crippen LogP contribution in [0.5, 0.6) is 0 Å². The molecule has 124 valence electrons. The van der Waals surface area contributed by atoms with Gasteiger partial charge in [0, 0.05) is 28.9 Å². The maximum Gasteiger partial charge on any atom is 0.211 e. The first-order valence-electron chi connectivity index (χ1n) is 7.35.